The van der Waals surface area contributed by atoms with Crippen molar-refractivity contribution in [1.29, 1.82) is 0 Å². The molecule has 0 fully saturated rings. The van der Waals surface area contributed by atoms with Crippen LogP contribution in [0.2, 0.25) is 0 Å². The van der Waals surface area contributed by atoms with Crippen LogP contribution >= 0.6 is 0 Å². The van der Waals surface area contributed by atoms with E-state index in [0.717, 1.165) is 39.6 Å². The number of carbonyl (C=O) groups is 1. The Morgan fingerprint density at radius 3 is 2.17 bits per heavy atom. The quantitative estimate of drug-likeness (QED) is 0.263. The predicted molar refractivity (Wildman–Crippen MR) is 160 cm³/mol. The molecule has 8 nitrogen and oxygen atoms in total. The number of nitrogens with one attached hydrogen (secondary N) is 1. The number of benzene rings is 3. The minimum absolute atomic E-state index is 0.00851. The maximum atomic E-state index is 11.9. The van der Waals surface area contributed by atoms with Crippen molar-refractivity contribution in [2.45, 2.75) is 19.8 Å². The van der Waals surface area contributed by atoms with Gasteiger partial charge in [-0.05, 0) is 60.5 Å². The molecule has 41 heavy (non-hydrogen) atoms. The fourth-order valence-corrected chi connectivity index (χ4v) is 4.67. The number of carbonyl (C=O) groups excluding carboxylic acids is 1. The van der Waals surface area contributed by atoms with E-state index in [-0.39, 0.29) is 5.91 Å². The van der Waals surface area contributed by atoms with E-state index in [0.29, 0.717) is 18.5 Å². The second kappa shape index (κ2) is 11.4. The van der Waals surface area contributed by atoms with Gasteiger partial charge in [-0.1, -0.05) is 65.4 Å². The lowest BCUT2D eigenvalue weighted by molar-refractivity contribution is -0.120. The number of nitrogens with zero attached hydrogens (tertiary/aromatic N) is 6. The summed E-state index contributed by atoms with van der Waals surface area (Å²) in [6.45, 7) is 2.09. The Labute approximate surface area is 238 Å². The van der Waals surface area contributed by atoms with Gasteiger partial charge in [0.25, 0.3) is 0 Å². The number of hydrogen-bond donors (Lipinski definition) is 1. The lowest BCUT2D eigenvalue weighted by Crippen LogP contribution is -2.18. The lowest BCUT2D eigenvalue weighted by atomic mass is 10.0. The molecule has 0 aliphatic heterocycles. The Morgan fingerprint density at radius 2 is 1.49 bits per heavy atom. The Hall–Kier alpha value is -5.37. The second-order valence-corrected chi connectivity index (χ2v) is 9.83. The van der Waals surface area contributed by atoms with Gasteiger partial charge in [0.2, 0.25) is 5.91 Å². The standard InChI is InChI=1S/C33H29N7O/c1-23-6-8-24(9-7-23)25-10-12-26(13-11-25)32-21-27(14-19-33(41)34-2)37-40(32)29-17-15-28(16-18-29)39-22-31(36-38-39)30-5-3-4-20-35-30/h3-13,15-18,20-22H,14,19H2,1-2H3,(H,34,41). The van der Waals surface area contributed by atoms with Crippen molar-refractivity contribution in [3.63, 3.8) is 0 Å². The first-order valence-corrected chi connectivity index (χ1v) is 13.5. The van der Waals surface area contributed by atoms with Crippen LogP contribution in [0.25, 0.3) is 45.1 Å². The van der Waals surface area contributed by atoms with Crippen LogP contribution in [0.15, 0.2) is 109 Å². The van der Waals surface area contributed by atoms with E-state index >= 15 is 0 Å². The molecule has 1 amide bonds. The molecule has 3 aromatic carbocycles. The van der Waals surface area contributed by atoms with Gasteiger partial charge in [0.1, 0.15) is 5.69 Å². The van der Waals surface area contributed by atoms with E-state index in [1.807, 2.05) is 53.3 Å². The molecule has 0 aliphatic rings. The predicted octanol–water partition coefficient (Wildman–Crippen LogP) is 5.84. The number of hydrogen-bond acceptors (Lipinski definition) is 5. The molecule has 0 unspecified atom stereocenters. The zero-order chi connectivity index (χ0) is 28.2. The van der Waals surface area contributed by atoms with Crippen molar-refractivity contribution < 1.29 is 4.79 Å². The van der Waals surface area contributed by atoms with Crippen LogP contribution in [-0.4, -0.2) is 42.7 Å². The molecule has 0 saturated carbocycles. The summed E-state index contributed by atoms with van der Waals surface area (Å²) < 4.78 is 3.67. The van der Waals surface area contributed by atoms with Crippen LogP contribution in [0.5, 0.6) is 0 Å². The van der Waals surface area contributed by atoms with Crippen LogP contribution in [-0.2, 0) is 11.2 Å². The summed E-state index contributed by atoms with van der Waals surface area (Å²) in [6, 6.07) is 32.8. The van der Waals surface area contributed by atoms with Gasteiger partial charge in [-0.25, -0.2) is 9.36 Å². The lowest BCUT2D eigenvalue weighted by Gasteiger charge is -2.10. The molecule has 0 aliphatic carbocycles. The first-order chi connectivity index (χ1) is 20.1. The van der Waals surface area contributed by atoms with Crippen LogP contribution < -0.4 is 5.32 Å². The van der Waals surface area contributed by atoms with Crippen LogP contribution in [0.4, 0.5) is 0 Å². The summed E-state index contributed by atoms with van der Waals surface area (Å²) in [6.07, 6.45) is 4.53. The monoisotopic (exact) mass is 539 g/mol. The smallest absolute Gasteiger partial charge is 0.220 e. The Bertz CT molecular complexity index is 1770. The molecule has 1 N–H and O–H groups in total. The first-order valence-electron chi connectivity index (χ1n) is 13.5. The summed E-state index contributed by atoms with van der Waals surface area (Å²) in [4.78, 5) is 16.3. The third kappa shape index (κ3) is 5.67. The van der Waals surface area contributed by atoms with Crippen molar-refractivity contribution in [2.24, 2.45) is 0 Å². The molecule has 3 aromatic heterocycles. The zero-order valence-electron chi connectivity index (χ0n) is 22.9. The highest BCUT2D eigenvalue weighted by Gasteiger charge is 2.14. The SMILES string of the molecule is CNC(=O)CCc1cc(-c2ccc(-c3ccc(C)cc3)cc2)n(-c2ccc(-n3cc(-c4ccccn4)nn3)cc2)n1. The summed E-state index contributed by atoms with van der Waals surface area (Å²) in [5.74, 6) is -0.00851. The van der Waals surface area contributed by atoms with E-state index in [1.54, 1.807) is 17.9 Å². The highest BCUT2D eigenvalue weighted by atomic mass is 16.1. The topological polar surface area (TPSA) is 90.5 Å². The molecule has 0 bridgehead atoms. The highest BCUT2D eigenvalue weighted by molar-refractivity contribution is 5.76. The van der Waals surface area contributed by atoms with E-state index in [9.17, 15) is 4.79 Å². The third-order valence-corrected chi connectivity index (χ3v) is 6.99. The summed E-state index contributed by atoms with van der Waals surface area (Å²) in [5, 5.41) is 16.1. The van der Waals surface area contributed by atoms with E-state index in [1.165, 1.54) is 11.1 Å². The van der Waals surface area contributed by atoms with E-state index < -0.39 is 0 Å². The summed E-state index contributed by atoms with van der Waals surface area (Å²) in [7, 11) is 1.65. The molecule has 0 radical (unpaired) electrons. The Balaban J connectivity index is 1.31. The fourth-order valence-electron chi connectivity index (χ4n) is 4.67. The van der Waals surface area contributed by atoms with Gasteiger partial charge >= 0.3 is 0 Å². The van der Waals surface area contributed by atoms with Crippen molar-refractivity contribution in [2.75, 3.05) is 7.05 Å². The minimum atomic E-state index is -0.00851. The number of aromatic nitrogens is 6. The van der Waals surface area contributed by atoms with Crippen molar-refractivity contribution in [3.05, 3.63) is 121 Å². The molecular formula is C33H29N7O. The van der Waals surface area contributed by atoms with Crippen molar-refractivity contribution >= 4 is 5.91 Å². The average Bonchev–Trinajstić information content (AvgIpc) is 3.69. The second-order valence-electron chi connectivity index (χ2n) is 9.83. The Morgan fingerprint density at radius 1 is 0.805 bits per heavy atom. The fraction of sp³-hybridized carbons (Fsp3) is 0.121. The number of pyridine rings is 1. The summed E-state index contributed by atoms with van der Waals surface area (Å²) in [5.41, 5.74) is 9.68. The molecule has 0 saturated heterocycles. The maximum Gasteiger partial charge on any atom is 0.220 e. The third-order valence-electron chi connectivity index (χ3n) is 6.99. The normalized spacial score (nSPS) is 11.0. The molecule has 6 rings (SSSR count). The van der Waals surface area contributed by atoms with Gasteiger partial charge in [-0.3, -0.25) is 9.78 Å². The number of rotatable bonds is 8. The van der Waals surface area contributed by atoms with E-state index in [2.05, 4.69) is 82.1 Å². The average molecular weight is 540 g/mol. The summed E-state index contributed by atoms with van der Waals surface area (Å²) >= 11 is 0. The molecular weight excluding hydrogens is 510 g/mol. The molecule has 6 aromatic rings. The maximum absolute atomic E-state index is 11.9. The molecule has 202 valence electrons. The molecule has 0 spiro atoms. The van der Waals surface area contributed by atoms with Gasteiger partial charge in [0.15, 0.2) is 0 Å². The van der Waals surface area contributed by atoms with Gasteiger partial charge in [0, 0.05) is 31.6 Å². The van der Waals surface area contributed by atoms with Crippen LogP contribution in [0.3, 0.4) is 0 Å². The highest BCUT2D eigenvalue weighted by Crippen LogP contribution is 2.28. The largest absolute Gasteiger partial charge is 0.359 e. The zero-order valence-corrected chi connectivity index (χ0v) is 22.9. The van der Waals surface area contributed by atoms with Crippen LogP contribution in [0, 0.1) is 6.92 Å². The van der Waals surface area contributed by atoms with E-state index in [4.69, 9.17) is 5.10 Å². The molecule has 0 atom stereocenters. The molecule has 3 heterocycles. The van der Waals surface area contributed by atoms with Crippen LogP contribution in [0.1, 0.15) is 17.7 Å². The van der Waals surface area contributed by atoms with Crippen molar-refractivity contribution in [1.82, 2.24) is 35.1 Å². The first kappa shape index (κ1) is 25.9. The van der Waals surface area contributed by atoms with Gasteiger partial charge in [-0.2, -0.15) is 5.10 Å². The molecule has 8 heteroatoms. The minimum Gasteiger partial charge on any atom is -0.359 e. The van der Waals surface area contributed by atoms with Gasteiger partial charge in [-0.15, -0.1) is 5.10 Å². The number of aryl methyl sites for hydroxylation is 2. The Kier molecular flexibility index (Phi) is 7.19. The van der Waals surface area contributed by atoms with Gasteiger partial charge in [0.05, 0.1) is 34.7 Å². The van der Waals surface area contributed by atoms with Gasteiger partial charge < -0.3 is 5.32 Å². The number of amides is 1. The van der Waals surface area contributed by atoms with Crippen molar-refractivity contribution in [3.8, 4) is 45.1 Å².